The fraction of sp³-hybridized carbons (Fsp3) is 0.643. The van der Waals surface area contributed by atoms with Crippen LogP contribution in [-0.2, 0) is 6.42 Å². The molecular weight excluding hydrogens is 228 g/mol. The molecule has 90 valence electrons. The standard InChI is InChI=1S/C14H18N2S/c1-11-12-3-9-17-13(12)2-8-16(11)10-14(4-5-14)6-7-15/h3,9,11H,2,4-6,8,10H2,1H3. The van der Waals surface area contributed by atoms with E-state index in [9.17, 15) is 0 Å². The van der Waals surface area contributed by atoms with Gasteiger partial charge in [0.15, 0.2) is 0 Å². The molecule has 1 atom stereocenters. The van der Waals surface area contributed by atoms with Crippen LogP contribution >= 0.6 is 11.3 Å². The Bertz CT molecular complexity index is 453. The van der Waals surface area contributed by atoms with Crippen LogP contribution in [0.25, 0.3) is 0 Å². The fourth-order valence-electron chi connectivity index (χ4n) is 2.94. The number of rotatable bonds is 3. The first-order valence-electron chi connectivity index (χ1n) is 6.41. The van der Waals surface area contributed by atoms with Gasteiger partial charge in [0.25, 0.3) is 0 Å². The van der Waals surface area contributed by atoms with Crippen molar-refractivity contribution >= 4 is 11.3 Å². The third-order valence-corrected chi connectivity index (χ3v) is 5.35. The molecule has 1 aliphatic carbocycles. The van der Waals surface area contributed by atoms with Gasteiger partial charge in [0.05, 0.1) is 6.07 Å². The molecule has 2 aliphatic rings. The zero-order valence-corrected chi connectivity index (χ0v) is 11.1. The van der Waals surface area contributed by atoms with E-state index in [2.05, 4.69) is 29.3 Å². The second kappa shape index (κ2) is 4.12. The van der Waals surface area contributed by atoms with Crippen molar-refractivity contribution in [3.8, 4) is 6.07 Å². The van der Waals surface area contributed by atoms with E-state index in [-0.39, 0.29) is 0 Å². The minimum absolute atomic E-state index is 0.344. The van der Waals surface area contributed by atoms with Gasteiger partial charge in [0.2, 0.25) is 0 Å². The van der Waals surface area contributed by atoms with E-state index < -0.39 is 0 Å². The van der Waals surface area contributed by atoms with Gasteiger partial charge < -0.3 is 0 Å². The number of thiophene rings is 1. The maximum Gasteiger partial charge on any atom is 0.0628 e. The molecule has 2 nitrogen and oxygen atoms in total. The Morgan fingerprint density at radius 2 is 2.41 bits per heavy atom. The van der Waals surface area contributed by atoms with E-state index in [1.54, 1.807) is 4.88 Å². The summed E-state index contributed by atoms with van der Waals surface area (Å²) in [7, 11) is 0. The van der Waals surface area contributed by atoms with Crippen LogP contribution in [-0.4, -0.2) is 18.0 Å². The molecule has 3 heteroatoms. The Kier molecular flexibility index (Phi) is 2.72. The van der Waals surface area contributed by atoms with Crippen LogP contribution in [0.15, 0.2) is 11.4 Å². The summed E-state index contributed by atoms with van der Waals surface area (Å²) in [5, 5.41) is 11.1. The quantitative estimate of drug-likeness (QED) is 0.817. The first-order chi connectivity index (χ1) is 8.24. The van der Waals surface area contributed by atoms with Gasteiger partial charge in [-0.1, -0.05) is 0 Å². The molecular formula is C14H18N2S. The number of fused-ring (bicyclic) bond motifs is 1. The third kappa shape index (κ3) is 2.00. The maximum atomic E-state index is 8.90. The molecule has 1 aromatic rings. The van der Waals surface area contributed by atoms with E-state index in [4.69, 9.17) is 5.26 Å². The van der Waals surface area contributed by atoms with Gasteiger partial charge >= 0.3 is 0 Å². The predicted octanol–water partition coefficient (Wildman–Crippen LogP) is 3.36. The van der Waals surface area contributed by atoms with E-state index in [1.807, 2.05) is 11.3 Å². The van der Waals surface area contributed by atoms with Gasteiger partial charge in [0, 0.05) is 30.4 Å². The van der Waals surface area contributed by atoms with Crippen LogP contribution in [0.3, 0.4) is 0 Å². The highest BCUT2D eigenvalue weighted by Gasteiger charge is 2.44. The summed E-state index contributed by atoms with van der Waals surface area (Å²) in [6.45, 7) is 4.60. The highest BCUT2D eigenvalue weighted by atomic mass is 32.1. The molecule has 0 N–H and O–H groups in total. The largest absolute Gasteiger partial charge is 0.296 e. The number of nitriles is 1. The van der Waals surface area contributed by atoms with Crippen LogP contribution < -0.4 is 0 Å². The average Bonchev–Trinajstić information content (AvgIpc) is 2.90. The van der Waals surface area contributed by atoms with E-state index in [0.29, 0.717) is 11.5 Å². The molecule has 17 heavy (non-hydrogen) atoms. The molecule has 1 aromatic heterocycles. The van der Waals surface area contributed by atoms with E-state index >= 15 is 0 Å². The lowest BCUT2D eigenvalue weighted by atomic mass is 9.96. The van der Waals surface area contributed by atoms with Crippen molar-refractivity contribution in [3.63, 3.8) is 0 Å². The third-order valence-electron chi connectivity index (χ3n) is 4.35. The van der Waals surface area contributed by atoms with Crippen molar-refractivity contribution in [2.75, 3.05) is 13.1 Å². The lowest BCUT2D eigenvalue weighted by molar-refractivity contribution is 0.161. The molecule has 0 saturated heterocycles. The van der Waals surface area contributed by atoms with Crippen molar-refractivity contribution in [1.29, 1.82) is 5.26 Å². The summed E-state index contributed by atoms with van der Waals surface area (Å²) < 4.78 is 0. The normalized spacial score (nSPS) is 26.2. The summed E-state index contributed by atoms with van der Waals surface area (Å²) in [6.07, 6.45) is 4.44. The van der Waals surface area contributed by atoms with Gasteiger partial charge in [-0.05, 0) is 48.6 Å². The smallest absolute Gasteiger partial charge is 0.0628 e. The van der Waals surface area contributed by atoms with Crippen LogP contribution in [0.4, 0.5) is 0 Å². The molecule has 3 rings (SSSR count). The van der Waals surface area contributed by atoms with E-state index in [1.165, 1.54) is 31.4 Å². The molecule has 0 bridgehead atoms. The highest BCUT2D eigenvalue weighted by molar-refractivity contribution is 7.10. The molecule has 1 aliphatic heterocycles. The molecule has 1 unspecified atom stereocenters. The number of hydrogen-bond acceptors (Lipinski definition) is 3. The molecule has 0 aromatic carbocycles. The SMILES string of the molecule is CC1c2ccsc2CCN1CC1(CC#N)CC1. The second-order valence-corrected chi connectivity index (χ2v) is 6.53. The van der Waals surface area contributed by atoms with Gasteiger partial charge in [-0.25, -0.2) is 0 Å². The minimum Gasteiger partial charge on any atom is -0.296 e. The minimum atomic E-state index is 0.344. The zero-order valence-electron chi connectivity index (χ0n) is 10.3. The first-order valence-corrected chi connectivity index (χ1v) is 7.29. The van der Waals surface area contributed by atoms with E-state index in [0.717, 1.165) is 13.0 Å². The molecule has 2 heterocycles. The molecule has 0 amide bonds. The molecule has 1 fully saturated rings. The summed E-state index contributed by atoms with van der Waals surface area (Å²) >= 11 is 1.90. The molecule has 1 saturated carbocycles. The van der Waals surface area contributed by atoms with Crippen molar-refractivity contribution in [3.05, 3.63) is 21.9 Å². The number of nitrogens with zero attached hydrogens (tertiary/aromatic N) is 2. The van der Waals surface area contributed by atoms with Crippen molar-refractivity contribution < 1.29 is 0 Å². The topological polar surface area (TPSA) is 27.0 Å². The van der Waals surface area contributed by atoms with Crippen molar-refractivity contribution in [2.24, 2.45) is 5.41 Å². The molecule has 0 spiro atoms. The lowest BCUT2D eigenvalue weighted by Gasteiger charge is -2.35. The Morgan fingerprint density at radius 3 is 3.12 bits per heavy atom. The summed E-state index contributed by atoms with van der Waals surface area (Å²) in [6, 6.07) is 5.19. The average molecular weight is 246 g/mol. The van der Waals surface area contributed by atoms with Gasteiger partial charge in [-0.15, -0.1) is 11.3 Å². The zero-order chi connectivity index (χ0) is 11.9. The van der Waals surface area contributed by atoms with Crippen LogP contribution in [0, 0.1) is 16.7 Å². The Balaban J connectivity index is 1.73. The number of hydrogen-bond donors (Lipinski definition) is 0. The maximum absolute atomic E-state index is 8.90. The Labute approximate surface area is 107 Å². The predicted molar refractivity (Wildman–Crippen MR) is 69.9 cm³/mol. The van der Waals surface area contributed by atoms with Crippen LogP contribution in [0.1, 0.15) is 42.7 Å². The monoisotopic (exact) mass is 246 g/mol. The van der Waals surface area contributed by atoms with Gasteiger partial charge in [-0.3, -0.25) is 4.90 Å². The fourth-order valence-corrected chi connectivity index (χ4v) is 3.91. The lowest BCUT2D eigenvalue weighted by Crippen LogP contribution is -2.37. The van der Waals surface area contributed by atoms with Crippen LogP contribution in [0.2, 0.25) is 0 Å². The summed E-state index contributed by atoms with van der Waals surface area (Å²) in [5.74, 6) is 0. The van der Waals surface area contributed by atoms with Crippen molar-refractivity contribution in [1.82, 2.24) is 4.90 Å². The van der Waals surface area contributed by atoms with Gasteiger partial charge in [0.1, 0.15) is 0 Å². The highest BCUT2D eigenvalue weighted by Crippen LogP contribution is 2.50. The first kappa shape index (κ1) is 11.3. The summed E-state index contributed by atoms with van der Waals surface area (Å²) in [5.41, 5.74) is 1.87. The Hall–Kier alpha value is -0.850. The van der Waals surface area contributed by atoms with Crippen molar-refractivity contribution in [2.45, 2.75) is 38.6 Å². The second-order valence-electron chi connectivity index (χ2n) is 5.53. The molecule has 0 radical (unpaired) electrons. The Morgan fingerprint density at radius 1 is 1.59 bits per heavy atom. The van der Waals surface area contributed by atoms with Crippen LogP contribution in [0.5, 0.6) is 0 Å². The van der Waals surface area contributed by atoms with Gasteiger partial charge in [-0.2, -0.15) is 5.26 Å². The summed E-state index contributed by atoms with van der Waals surface area (Å²) in [4.78, 5) is 4.15.